The molecule has 2 aromatic heterocycles. The van der Waals surface area contributed by atoms with Crippen LogP contribution in [0.15, 0.2) is 34.8 Å². The van der Waals surface area contributed by atoms with Crippen molar-refractivity contribution in [2.24, 2.45) is 0 Å². The number of anilines is 1. The first-order valence-electron chi connectivity index (χ1n) is 7.76. The summed E-state index contributed by atoms with van der Waals surface area (Å²) in [5, 5.41) is 12.6. The first kappa shape index (κ1) is 19.4. The lowest BCUT2D eigenvalue weighted by molar-refractivity contribution is -0.113. The molecule has 0 saturated heterocycles. The van der Waals surface area contributed by atoms with Crippen LogP contribution in [0.2, 0.25) is 5.02 Å². The Bertz CT molecular complexity index is 986. The zero-order valence-corrected chi connectivity index (χ0v) is 16.8. The number of aromatic amines is 1. The van der Waals surface area contributed by atoms with E-state index in [2.05, 4.69) is 20.5 Å². The van der Waals surface area contributed by atoms with Crippen molar-refractivity contribution in [1.29, 1.82) is 0 Å². The minimum atomic E-state index is -0.543. The third-order valence-corrected chi connectivity index (χ3v) is 5.58. The topological polar surface area (TPSA) is 97.0 Å². The van der Waals surface area contributed by atoms with Crippen LogP contribution in [0.25, 0.3) is 11.1 Å². The molecule has 0 aliphatic carbocycles. The van der Waals surface area contributed by atoms with Crippen molar-refractivity contribution in [2.75, 3.05) is 18.2 Å². The van der Waals surface area contributed by atoms with Crippen LogP contribution >= 0.6 is 34.7 Å². The van der Waals surface area contributed by atoms with Crippen LogP contribution in [0.4, 0.5) is 5.00 Å². The number of thioether (sulfide) groups is 1. The van der Waals surface area contributed by atoms with Gasteiger partial charge in [-0.1, -0.05) is 41.6 Å². The molecule has 3 aromatic rings. The number of hydrogen-bond acceptors (Lipinski definition) is 7. The summed E-state index contributed by atoms with van der Waals surface area (Å²) in [7, 11) is 1.30. The first-order chi connectivity index (χ1) is 13.0. The highest BCUT2D eigenvalue weighted by atomic mass is 35.5. The van der Waals surface area contributed by atoms with E-state index in [4.69, 9.17) is 16.3 Å². The lowest BCUT2D eigenvalue weighted by Gasteiger charge is -2.08. The molecule has 0 fully saturated rings. The van der Waals surface area contributed by atoms with Gasteiger partial charge in [0.25, 0.3) is 0 Å². The number of amides is 1. The number of hydrogen-bond donors (Lipinski definition) is 2. The minimum Gasteiger partial charge on any atom is -0.465 e. The van der Waals surface area contributed by atoms with E-state index in [1.54, 1.807) is 24.4 Å². The number of H-pyrrole nitrogens is 1. The standard InChI is InChI=1S/C17H15ClN4O3S2/c1-9-19-17(22-21-9)27-8-13(23)20-15-14(16(24)25-2)11(7-26-15)10-5-3-4-6-12(10)18/h3-7H,8H2,1-2H3,(H,20,23)(H,19,21,22). The number of thiophene rings is 1. The number of methoxy groups -OCH3 is 1. The molecule has 0 radical (unpaired) electrons. The fourth-order valence-electron chi connectivity index (χ4n) is 2.31. The molecule has 3 rings (SSSR count). The average Bonchev–Trinajstić information content (AvgIpc) is 3.26. The van der Waals surface area contributed by atoms with Gasteiger partial charge in [0, 0.05) is 21.5 Å². The molecule has 0 aliphatic rings. The maximum atomic E-state index is 12.3. The lowest BCUT2D eigenvalue weighted by atomic mass is 10.0. The summed E-state index contributed by atoms with van der Waals surface area (Å²) in [6.07, 6.45) is 0. The summed E-state index contributed by atoms with van der Waals surface area (Å²) in [6.45, 7) is 1.78. The summed E-state index contributed by atoms with van der Waals surface area (Å²) in [4.78, 5) is 28.8. The SMILES string of the molecule is COC(=O)c1c(-c2ccccc2Cl)csc1NC(=O)CSc1n[nH]c(C)n1. The minimum absolute atomic E-state index is 0.108. The Labute approximate surface area is 168 Å². The van der Waals surface area contributed by atoms with Gasteiger partial charge in [-0.15, -0.1) is 16.4 Å². The molecule has 7 nitrogen and oxygen atoms in total. The van der Waals surface area contributed by atoms with Crippen molar-refractivity contribution >= 4 is 51.6 Å². The summed E-state index contributed by atoms with van der Waals surface area (Å²) in [5.74, 6) is -0.0376. The van der Waals surface area contributed by atoms with Gasteiger partial charge in [-0.2, -0.15) is 0 Å². The molecule has 140 valence electrons. The van der Waals surface area contributed by atoms with E-state index in [0.29, 0.717) is 32.1 Å². The normalized spacial score (nSPS) is 10.6. The molecule has 2 heterocycles. The predicted molar refractivity (Wildman–Crippen MR) is 107 cm³/mol. The Hall–Kier alpha value is -2.36. The van der Waals surface area contributed by atoms with Crippen molar-refractivity contribution in [2.45, 2.75) is 12.1 Å². The zero-order chi connectivity index (χ0) is 19.4. The summed E-state index contributed by atoms with van der Waals surface area (Å²) in [5.41, 5.74) is 1.59. The third-order valence-electron chi connectivity index (χ3n) is 3.51. The number of carbonyl (C=O) groups is 2. The van der Waals surface area contributed by atoms with Crippen molar-refractivity contribution in [3.63, 3.8) is 0 Å². The van der Waals surface area contributed by atoms with E-state index < -0.39 is 5.97 Å². The predicted octanol–water partition coefficient (Wildman–Crippen LogP) is 4.01. The van der Waals surface area contributed by atoms with Crippen LogP contribution in [-0.4, -0.2) is 39.9 Å². The highest BCUT2D eigenvalue weighted by Gasteiger charge is 2.23. The molecule has 10 heteroatoms. The second kappa shape index (κ2) is 8.55. The molecular weight excluding hydrogens is 408 g/mol. The van der Waals surface area contributed by atoms with Gasteiger partial charge >= 0.3 is 5.97 Å². The molecule has 0 bridgehead atoms. The number of aromatic nitrogens is 3. The smallest absolute Gasteiger partial charge is 0.341 e. The molecule has 1 aromatic carbocycles. The van der Waals surface area contributed by atoms with E-state index in [-0.39, 0.29) is 17.2 Å². The Morgan fingerprint density at radius 2 is 2.11 bits per heavy atom. The second-order valence-electron chi connectivity index (χ2n) is 5.37. The lowest BCUT2D eigenvalue weighted by Crippen LogP contribution is -2.16. The van der Waals surface area contributed by atoms with E-state index in [0.717, 1.165) is 0 Å². The van der Waals surface area contributed by atoms with Gasteiger partial charge in [0.1, 0.15) is 16.4 Å². The zero-order valence-electron chi connectivity index (χ0n) is 14.4. The summed E-state index contributed by atoms with van der Waals surface area (Å²) >= 11 is 8.69. The van der Waals surface area contributed by atoms with E-state index in [1.165, 1.54) is 30.2 Å². The molecule has 1 amide bonds. The maximum absolute atomic E-state index is 12.3. The molecule has 0 aliphatic heterocycles. The van der Waals surface area contributed by atoms with Gasteiger partial charge in [0.05, 0.1) is 12.9 Å². The fraction of sp³-hybridized carbons (Fsp3) is 0.176. The van der Waals surface area contributed by atoms with Crippen molar-refractivity contribution in [1.82, 2.24) is 15.2 Å². The van der Waals surface area contributed by atoms with Crippen LogP contribution < -0.4 is 5.32 Å². The molecule has 2 N–H and O–H groups in total. The first-order valence-corrected chi connectivity index (χ1v) is 10.00. The average molecular weight is 423 g/mol. The van der Waals surface area contributed by atoms with E-state index >= 15 is 0 Å². The number of esters is 1. The summed E-state index contributed by atoms with van der Waals surface area (Å²) < 4.78 is 4.89. The van der Waals surface area contributed by atoms with E-state index in [1.807, 2.05) is 12.1 Å². The Kier molecular flexibility index (Phi) is 6.15. The largest absolute Gasteiger partial charge is 0.465 e. The molecule has 0 spiro atoms. The number of aryl methyl sites for hydroxylation is 1. The van der Waals surface area contributed by atoms with E-state index in [9.17, 15) is 9.59 Å². The molecule has 27 heavy (non-hydrogen) atoms. The Balaban J connectivity index is 1.82. The number of halogens is 1. The number of nitrogens with one attached hydrogen (secondary N) is 2. The quantitative estimate of drug-likeness (QED) is 0.460. The summed E-state index contributed by atoms with van der Waals surface area (Å²) in [6, 6.07) is 7.18. The number of ether oxygens (including phenoxy) is 1. The fourth-order valence-corrected chi connectivity index (χ4v) is 4.16. The van der Waals surface area contributed by atoms with Crippen LogP contribution in [0.5, 0.6) is 0 Å². The van der Waals surface area contributed by atoms with Crippen LogP contribution in [0.1, 0.15) is 16.2 Å². The Morgan fingerprint density at radius 1 is 1.33 bits per heavy atom. The number of nitrogens with zero attached hydrogens (tertiary/aromatic N) is 2. The molecular formula is C17H15ClN4O3S2. The molecule has 0 atom stereocenters. The van der Waals surface area contributed by atoms with Gasteiger partial charge in [-0.05, 0) is 13.0 Å². The van der Waals surface area contributed by atoms with Crippen LogP contribution in [-0.2, 0) is 9.53 Å². The van der Waals surface area contributed by atoms with Crippen LogP contribution in [0, 0.1) is 6.92 Å². The van der Waals surface area contributed by atoms with Crippen LogP contribution in [0.3, 0.4) is 0 Å². The second-order valence-corrected chi connectivity index (χ2v) is 7.59. The number of rotatable bonds is 6. The van der Waals surface area contributed by atoms with Gasteiger partial charge < -0.3 is 10.1 Å². The monoisotopic (exact) mass is 422 g/mol. The van der Waals surface area contributed by atoms with Crippen molar-refractivity contribution in [3.05, 3.63) is 46.1 Å². The van der Waals surface area contributed by atoms with Gasteiger partial charge in [0.15, 0.2) is 0 Å². The maximum Gasteiger partial charge on any atom is 0.341 e. The molecule has 0 unspecified atom stereocenters. The van der Waals surface area contributed by atoms with Gasteiger partial charge in [-0.3, -0.25) is 9.89 Å². The highest BCUT2D eigenvalue weighted by molar-refractivity contribution is 7.99. The highest BCUT2D eigenvalue weighted by Crippen LogP contribution is 2.39. The third kappa shape index (κ3) is 4.49. The molecule has 0 saturated carbocycles. The number of carbonyl (C=O) groups excluding carboxylic acids is 2. The van der Waals surface area contributed by atoms with Gasteiger partial charge in [0.2, 0.25) is 11.1 Å². The van der Waals surface area contributed by atoms with Gasteiger partial charge in [-0.25, -0.2) is 9.78 Å². The Morgan fingerprint density at radius 3 is 2.78 bits per heavy atom. The number of benzene rings is 1. The van der Waals surface area contributed by atoms with Crippen molar-refractivity contribution in [3.8, 4) is 11.1 Å². The van der Waals surface area contributed by atoms with Crippen molar-refractivity contribution < 1.29 is 14.3 Å².